The number of nitrogens with zero attached hydrogens (tertiary/aromatic N) is 1. The number of benzene rings is 1. The van der Waals surface area contributed by atoms with Crippen LogP contribution in [0.1, 0.15) is 37.8 Å². The van der Waals surface area contributed by atoms with Gasteiger partial charge in [-0.3, -0.25) is 9.59 Å². The van der Waals surface area contributed by atoms with Gasteiger partial charge >= 0.3 is 0 Å². The van der Waals surface area contributed by atoms with Gasteiger partial charge in [-0.25, -0.2) is 0 Å². The molecule has 4 nitrogen and oxygen atoms in total. The standard InChI is InChI=1S/C18H26N2O2/c1-13(2)18(22)19-16-7-9-20(10-8-16)17(21)12-15-6-4-5-14(3)11-15/h4-6,11,13,16H,7-10,12H2,1-3H3,(H,19,22). The maximum atomic E-state index is 12.4. The van der Waals surface area contributed by atoms with Crippen molar-refractivity contribution in [2.24, 2.45) is 5.92 Å². The fourth-order valence-electron chi connectivity index (χ4n) is 2.75. The average Bonchev–Trinajstić information content (AvgIpc) is 2.47. The minimum Gasteiger partial charge on any atom is -0.353 e. The smallest absolute Gasteiger partial charge is 0.226 e. The lowest BCUT2D eigenvalue weighted by atomic mass is 10.0. The summed E-state index contributed by atoms with van der Waals surface area (Å²) in [4.78, 5) is 26.0. The van der Waals surface area contributed by atoms with Crippen LogP contribution in [0.25, 0.3) is 0 Å². The molecule has 4 heteroatoms. The third-order valence-electron chi connectivity index (χ3n) is 4.16. The molecule has 1 aliphatic rings. The Balaban J connectivity index is 1.81. The molecule has 0 unspecified atom stereocenters. The largest absolute Gasteiger partial charge is 0.353 e. The Morgan fingerprint density at radius 1 is 1.27 bits per heavy atom. The van der Waals surface area contributed by atoms with Crippen molar-refractivity contribution in [3.05, 3.63) is 35.4 Å². The second-order valence-corrected chi connectivity index (χ2v) is 6.48. The van der Waals surface area contributed by atoms with Crippen molar-refractivity contribution in [1.82, 2.24) is 10.2 Å². The minimum atomic E-state index is 0.0148. The van der Waals surface area contributed by atoms with Crippen molar-refractivity contribution in [2.45, 2.75) is 46.1 Å². The SMILES string of the molecule is Cc1cccc(CC(=O)N2CCC(NC(=O)C(C)C)CC2)c1. The molecule has 1 fully saturated rings. The summed E-state index contributed by atoms with van der Waals surface area (Å²) < 4.78 is 0. The number of aryl methyl sites for hydroxylation is 1. The number of amides is 2. The van der Waals surface area contributed by atoms with Crippen LogP contribution in [0.2, 0.25) is 0 Å². The van der Waals surface area contributed by atoms with Gasteiger partial charge in [0.15, 0.2) is 0 Å². The number of piperidine rings is 1. The number of hydrogen-bond acceptors (Lipinski definition) is 2. The molecule has 0 bridgehead atoms. The molecule has 1 heterocycles. The van der Waals surface area contributed by atoms with Gasteiger partial charge in [0.05, 0.1) is 6.42 Å². The van der Waals surface area contributed by atoms with E-state index in [0.29, 0.717) is 6.42 Å². The zero-order valence-electron chi connectivity index (χ0n) is 13.8. The molecule has 0 radical (unpaired) electrons. The van der Waals surface area contributed by atoms with Crippen LogP contribution in [0, 0.1) is 12.8 Å². The van der Waals surface area contributed by atoms with Crippen molar-refractivity contribution in [1.29, 1.82) is 0 Å². The van der Waals surface area contributed by atoms with Crippen molar-refractivity contribution < 1.29 is 9.59 Å². The zero-order chi connectivity index (χ0) is 16.1. The Kier molecular flexibility index (Phi) is 5.58. The predicted octanol–water partition coefficient (Wildman–Crippen LogP) is 2.30. The third-order valence-corrected chi connectivity index (χ3v) is 4.16. The Labute approximate surface area is 132 Å². The highest BCUT2D eigenvalue weighted by Crippen LogP contribution is 2.13. The topological polar surface area (TPSA) is 49.4 Å². The third kappa shape index (κ3) is 4.58. The highest BCUT2D eigenvalue weighted by Gasteiger charge is 2.24. The number of carbonyl (C=O) groups is 2. The first-order valence-electron chi connectivity index (χ1n) is 8.09. The van der Waals surface area contributed by atoms with Crippen molar-refractivity contribution in [3.8, 4) is 0 Å². The van der Waals surface area contributed by atoms with Crippen LogP contribution in [0.4, 0.5) is 0 Å². The Bertz CT molecular complexity index is 532. The molecule has 2 rings (SSSR count). The summed E-state index contributed by atoms with van der Waals surface area (Å²) in [7, 11) is 0. The van der Waals surface area contributed by atoms with E-state index in [2.05, 4.69) is 11.4 Å². The van der Waals surface area contributed by atoms with Gasteiger partial charge < -0.3 is 10.2 Å². The van der Waals surface area contributed by atoms with E-state index in [1.807, 2.05) is 43.9 Å². The van der Waals surface area contributed by atoms with Crippen LogP contribution >= 0.6 is 0 Å². The molecule has 2 amide bonds. The lowest BCUT2D eigenvalue weighted by Crippen LogP contribution is -2.47. The molecular formula is C18H26N2O2. The molecule has 1 saturated heterocycles. The van der Waals surface area contributed by atoms with Crippen LogP contribution in [0.15, 0.2) is 24.3 Å². The van der Waals surface area contributed by atoms with Crippen LogP contribution < -0.4 is 5.32 Å². The zero-order valence-corrected chi connectivity index (χ0v) is 13.8. The number of hydrogen-bond donors (Lipinski definition) is 1. The second-order valence-electron chi connectivity index (χ2n) is 6.48. The second kappa shape index (κ2) is 7.43. The highest BCUT2D eigenvalue weighted by atomic mass is 16.2. The molecule has 1 N–H and O–H groups in total. The maximum absolute atomic E-state index is 12.4. The number of nitrogens with one attached hydrogen (secondary N) is 1. The predicted molar refractivity (Wildman–Crippen MR) is 87.5 cm³/mol. The summed E-state index contributed by atoms with van der Waals surface area (Å²) in [5, 5.41) is 3.06. The molecule has 1 aromatic carbocycles. The lowest BCUT2D eigenvalue weighted by Gasteiger charge is -2.32. The van der Waals surface area contributed by atoms with E-state index in [0.717, 1.165) is 31.5 Å². The molecule has 0 saturated carbocycles. The summed E-state index contributed by atoms with van der Waals surface area (Å²) in [5.74, 6) is 0.296. The lowest BCUT2D eigenvalue weighted by molar-refractivity contribution is -0.131. The summed E-state index contributed by atoms with van der Waals surface area (Å²) in [6.45, 7) is 7.30. The fourth-order valence-corrected chi connectivity index (χ4v) is 2.75. The van der Waals surface area contributed by atoms with Gasteiger partial charge in [0.2, 0.25) is 11.8 Å². The van der Waals surface area contributed by atoms with Gasteiger partial charge in [-0.15, -0.1) is 0 Å². The van der Waals surface area contributed by atoms with E-state index in [1.54, 1.807) is 0 Å². The quantitative estimate of drug-likeness (QED) is 0.928. The number of rotatable bonds is 4. The summed E-state index contributed by atoms with van der Waals surface area (Å²) in [6.07, 6.45) is 2.15. The summed E-state index contributed by atoms with van der Waals surface area (Å²) in [6, 6.07) is 8.30. The minimum absolute atomic E-state index is 0.0148. The van der Waals surface area contributed by atoms with Gasteiger partial charge in [-0.1, -0.05) is 43.7 Å². The van der Waals surface area contributed by atoms with E-state index in [-0.39, 0.29) is 23.8 Å². The van der Waals surface area contributed by atoms with Crippen molar-refractivity contribution in [2.75, 3.05) is 13.1 Å². The molecule has 1 aliphatic heterocycles. The molecule has 1 aromatic rings. The first-order valence-corrected chi connectivity index (χ1v) is 8.09. The molecular weight excluding hydrogens is 276 g/mol. The molecule has 0 atom stereocenters. The maximum Gasteiger partial charge on any atom is 0.226 e. The van der Waals surface area contributed by atoms with Gasteiger partial charge in [-0.05, 0) is 25.3 Å². The van der Waals surface area contributed by atoms with E-state index in [4.69, 9.17) is 0 Å². The Morgan fingerprint density at radius 2 is 1.95 bits per heavy atom. The molecule has 22 heavy (non-hydrogen) atoms. The Hall–Kier alpha value is -1.84. The fraction of sp³-hybridized carbons (Fsp3) is 0.556. The van der Waals surface area contributed by atoms with Crippen LogP contribution in [-0.2, 0) is 16.0 Å². The average molecular weight is 302 g/mol. The van der Waals surface area contributed by atoms with Crippen LogP contribution in [0.5, 0.6) is 0 Å². The summed E-state index contributed by atoms with van der Waals surface area (Å²) in [5.41, 5.74) is 2.25. The molecule has 120 valence electrons. The monoisotopic (exact) mass is 302 g/mol. The molecule has 0 aliphatic carbocycles. The van der Waals surface area contributed by atoms with E-state index < -0.39 is 0 Å². The van der Waals surface area contributed by atoms with Gasteiger partial charge in [0, 0.05) is 25.0 Å². The van der Waals surface area contributed by atoms with E-state index in [9.17, 15) is 9.59 Å². The first kappa shape index (κ1) is 16.5. The normalized spacial score (nSPS) is 15.9. The van der Waals surface area contributed by atoms with Gasteiger partial charge in [0.25, 0.3) is 0 Å². The van der Waals surface area contributed by atoms with Crippen molar-refractivity contribution in [3.63, 3.8) is 0 Å². The Morgan fingerprint density at radius 3 is 2.55 bits per heavy atom. The number of likely N-dealkylation sites (tertiary alicyclic amines) is 1. The molecule has 0 aromatic heterocycles. The number of carbonyl (C=O) groups excluding carboxylic acids is 2. The van der Waals surface area contributed by atoms with Crippen molar-refractivity contribution >= 4 is 11.8 Å². The van der Waals surface area contributed by atoms with Gasteiger partial charge in [-0.2, -0.15) is 0 Å². The van der Waals surface area contributed by atoms with Gasteiger partial charge in [0.1, 0.15) is 0 Å². The van der Waals surface area contributed by atoms with Crippen LogP contribution in [-0.4, -0.2) is 35.8 Å². The first-order chi connectivity index (χ1) is 10.5. The van der Waals surface area contributed by atoms with Crippen LogP contribution in [0.3, 0.4) is 0 Å². The van der Waals surface area contributed by atoms with E-state index >= 15 is 0 Å². The highest BCUT2D eigenvalue weighted by molar-refractivity contribution is 5.79. The van der Waals surface area contributed by atoms with E-state index in [1.165, 1.54) is 5.56 Å². The molecule has 0 spiro atoms. The summed E-state index contributed by atoms with van der Waals surface area (Å²) >= 11 is 0.